The van der Waals surface area contributed by atoms with Gasteiger partial charge in [-0.25, -0.2) is 0 Å². The van der Waals surface area contributed by atoms with Gasteiger partial charge < -0.3 is 10.9 Å². The van der Waals surface area contributed by atoms with Crippen LogP contribution in [0.15, 0.2) is 0 Å². The van der Waals surface area contributed by atoms with Crippen LogP contribution in [0.4, 0.5) is 13.2 Å². The first-order valence-corrected chi connectivity index (χ1v) is 4.50. The van der Waals surface area contributed by atoms with Crippen molar-refractivity contribution in [2.45, 2.75) is 31.5 Å². The minimum atomic E-state index is -4.51. The highest BCUT2D eigenvalue weighted by molar-refractivity contribution is 5.31. The van der Waals surface area contributed by atoms with Crippen LogP contribution in [-0.4, -0.2) is 21.1 Å². The summed E-state index contributed by atoms with van der Waals surface area (Å²) in [5.74, 6) is 5.33. The first kappa shape index (κ1) is 10.3. The molecule has 0 aliphatic heterocycles. The molecule has 2 rings (SSSR count). The van der Waals surface area contributed by atoms with Crippen LogP contribution in [0.3, 0.4) is 0 Å². The van der Waals surface area contributed by atoms with Crippen LogP contribution in [0.5, 0.6) is 0 Å². The molecule has 0 saturated carbocycles. The molecule has 1 heterocycles. The predicted molar refractivity (Wildman–Crippen MR) is 45.4 cm³/mol. The number of aromatic nitrogens is 2. The van der Waals surface area contributed by atoms with E-state index < -0.39 is 18.0 Å². The molecule has 1 atom stereocenters. The molecule has 0 aromatic carbocycles. The van der Waals surface area contributed by atoms with Gasteiger partial charge in [-0.3, -0.25) is 0 Å². The molecule has 1 unspecified atom stereocenters. The zero-order valence-electron chi connectivity index (χ0n) is 7.75. The van der Waals surface area contributed by atoms with E-state index in [0.29, 0.717) is 18.5 Å². The largest absolute Gasteiger partial charge is 0.435 e. The summed E-state index contributed by atoms with van der Waals surface area (Å²) in [7, 11) is 0. The Labute approximate surface area is 83.5 Å². The lowest BCUT2D eigenvalue weighted by atomic mass is 9.93. The molecule has 7 heteroatoms. The normalized spacial score (nSPS) is 21.5. The summed E-state index contributed by atoms with van der Waals surface area (Å²) < 4.78 is 37.5. The number of nitrogens with zero attached hydrogens (tertiary/aromatic N) is 2. The van der Waals surface area contributed by atoms with Crippen LogP contribution < -0.4 is 5.84 Å². The molecule has 0 bridgehead atoms. The van der Waals surface area contributed by atoms with Gasteiger partial charge in [0.25, 0.3) is 0 Å². The average molecular weight is 221 g/mol. The molecule has 1 aliphatic carbocycles. The number of fused-ring (bicyclic) bond motifs is 1. The number of hydrogen-bond acceptors (Lipinski definition) is 3. The molecule has 0 fully saturated rings. The van der Waals surface area contributed by atoms with Crippen molar-refractivity contribution < 1.29 is 18.3 Å². The monoisotopic (exact) mass is 221 g/mol. The Bertz CT molecular complexity index is 385. The van der Waals surface area contributed by atoms with E-state index in [2.05, 4.69) is 5.10 Å². The average Bonchev–Trinajstić information content (AvgIpc) is 2.42. The van der Waals surface area contributed by atoms with Crippen molar-refractivity contribution in [1.29, 1.82) is 0 Å². The van der Waals surface area contributed by atoms with Gasteiger partial charge >= 0.3 is 6.18 Å². The lowest BCUT2D eigenvalue weighted by Gasteiger charge is -2.18. The summed E-state index contributed by atoms with van der Waals surface area (Å²) in [6.45, 7) is 0. The number of hydrogen-bond donors (Lipinski definition) is 2. The number of nitrogens with two attached hydrogens (primary N) is 1. The van der Waals surface area contributed by atoms with Crippen molar-refractivity contribution in [1.82, 2.24) is 9.89 Å². The minimum Gasteiger partial charge on any atom is -0.393 e. The molecular formula is C8H10F3N3O. The lowest BCUT2D eigenvalue weighted by molar-refractivity contribution is -0.142. The standard InChI is InChI=1S/C8H10F3N3O/c9-8(10,11)7-5-3-4(15)1-2-6(5)14(12)13-7/h4,15H,1-3,12H2. The van der Waals surface area contributed by atoms with Gasteiger partial charge in [0.05, 0.1) is 11.8 Å². The van der Waals surface area contributed by atoms with E-state index >= 15 is 0 Å². The Morgan fingerprint density at radius 1 is 1.47 bits per heavy atom. The number of halogens is 3. The maximum absolute atomic E-state index is 12.5. The van der Waals surface area contributed by atoms with E-state index in [1.54, 1.807) is 0 Å². The van der Waals surface area contributed by atoms with Gasteiger partial charge in [0.1, 0.15) is 0 Å². The highest BCUT2D eigenvalue weighted by Crippen LogP contribution is 2.35. The third-order valence-corrected chi connectivity index (χ3v) is 2.54. The van der Waals surface area contributed by atoms with Crippen molar-refractivity contribution in [2.24, 2.45) is 0 Å². The van der Waals surface area contributed by atoms with Gasteiger partial charge in [-0.2, -0.15) is 18.0 Å². The number of aliphatic hydroxyl groups is 1. The molecule has 15 heavy (non-hydrogen) atoms. The summed E-state index contributed by atoms with van der Waals surface area (Å²) in [5, 5.41) is 12.6. The summed E-state index contributed by atoms with van der Waals surface area (Å²) in [6, 6.07) is 0. The second-order valence-corrected chi connectivity index (χ2v) is 3.61. The molecule has 3 N–H and O–H groups in total. The summed E-state index contributed by atoms with van der Waals surface area (Å²) in [4.78, 5) is 0.768. The smallest absolute Gasteiger partial charge is 0.393 e. The van der Waals surface area contributed by atoms with E-state index in [-0.39, 0.29) is 12.0 Å². The third-order valence-electron chi connectivity index (χ3n) is 2.54. The van der Waals surface area contributed by atoms with Gasteiger partial charge in [-0.1, -0.05) is 0 Å². The van der Waals surface area contributed by atoms with Crippen molar-refractivity contribution in [3.8, 4) is 0 Å². The highest BCUT2D eigenvalue weighted by atomic mass is 19.4. The van der Waals surface area contributed by atoms with E-state index in [1.165, 1.54) is 0 Å². The van der Waals surface area contributed by atoms with E-state index in [1.807, 2.05) is 0 Å². The SMILES string of the molecule is Nn1nc(C(F)(F)F)c2c1CCC(O)C2. The van der Waals surface area contributed by atoms with Gasteiger partial charge in [-0.15, -0.1) is 5.10 Å². The summed E-state index contributed by atoms with van der Waals surface area (Å²) >= 11 is 0. The number of aliphatic hydroxyl groups excluding tert-OH is 1. The molecule has 4 nitrogen and oxygen atoms in total. The second kappa shape index (κ2) is 3.13. The van der Waals surface area contributed by atoms with Gasteiger partial charge in [0, 0.05) is 12.0 Å². The van der Waals surface area contributed by atoms with Crippen LogP contribution in [0.1, 0.15) is 23.4 Å². The molecule has 1 aliphatic rings. The molecule has 0 spiro atoms. The van der Waals surface area contributed by atoms with E-state index in [9.17, 15) is 18.3 Å². The van der Waals surface area contributed by atoms with Gasteiger partial charge in [-0.05, 0) is 12.8 Å². The van der Waals surface area contributed by atoms with Crippen LogP contribution in [0, 0.1) is 0 Å². The maximum atomic E-state index is 12.5. The van der Waals surface area contributed by atoms with Gasteiger partial charge in [0.2, 0.25) is 0 Å². The topological polar surface area (TPSA) is 64.1 Å². The fourth-order valence-corrected chi connectivity index (χ4v) is 1.85. The molecule has 0 amide bonds. The molecule has 0 radical (unpaired) electrons. The van der Waals surface area contributed by atoms with Crippen molar-refractivity contribution in [3.05, 3.63) is 17.0 Å². The number of nitrogen functional groups attached to an aromatic ring is 1. The van der Waals surface area contributed by atoms with Crippen LogP contribution in [0.25, 0.3) is 0 Å². The Balaban J connectivity index is 2.50. The summed E-state index contributed by atoms with van der Waals surface area (Å²) in [5.41, 5.74) is -0.574. The summed E-state index contributed by atoms with van der Waals surface area (Å²) in [6.07, 6.45) is -4.51. The quantitative estimate of drug-likeness (QED) is 0.626. The van der Waals surface area contributed by atoms with E-state index in [4.69, 9.17) is 5.84 Å². The van der Waals surface area contributed by atoms with E-state index in [0.717, 1.165) is 4.79 Å². The zero-order valence-corrected chi connectivity index (χ0v) is 7.75. The van der Waals surface area contributed by atoms with Crippen molar-refractivity contribution in [2.75, 3.05) is 5.84 Å². The number of rotatable bonds is 0. The highest BCUT2D eigenvalue weighted by Gasteiger charge is 2.40. The molecule has 84 valence electrons. The van der Waals surface area contributed by atoms with Crippen LogP contribution >= 0.6 is 0 Å². The molecule has 1 aromatic heterocycles. The Morgan fingerprint density at radius 3 is 2.73 bits per heavy atom. The predicted octanol–water partition coefficient (Wildman–Crippen LogP) is 0.465. The zero-order chi connectivity index (χ0) is 11.2. The number of alkyl halides is 3. The Hall–Kier alpha value is -1.24. The Morgan fingerprint density at radius 2 is 2.13 bits per heavy atom. The fraction of sp³-hybridized carbons (Fsp3) is 0.625. The lowest BCUT2D eigenvalue weighted by Crippen LogP contribution is -2.23. The molecule has 1 aromatic rings. The second-order valence-electron chi connectivity index (χ2n) is 3.61. The van der Waals surface area contributed by atoms with Gasteiger partial charge in [0.15, 0.2) is 5.69 Å². The first-order valence-electron chi connectivity index (χ1n) is 4.50. The fourth-order valence-electron chi connectivity index (χ4n) is 1.85. The molecule has 0 saturated heterocycles. The van der Waals surface area contributed by atoms with Crippen LogP contribution in [0.2, 0.25) is 0 Å². The minimum absolute atomic E-state index is 0.0264. The maximum Gasteiger partial charge on any atom is 0.435 e. The van der Waals surface area contributed by atoms with Crippen molar-refractivity contribution >= 4 is 0 Å². The first-order chi connectivity index (χ1) is 6.89. The third kappa shape index (κ3) is 1.67. The van der Waals surface area contributed by atoms with Crippen LogP contribution in [-0.2, 0) is 19.0 Å². The van der Waals surface area contributed by atoms with Crippen molar-refractivity contribution in [3.63, 3.8) is 0 Å². The molecular weight excluding hydrogens is 211 g/mol. The Kier molecular flexibility index (Phi) is 2.14.